The third-order valence-electron chi connectivity index (χ3n) is 5.30. The van der Waals surface area contributed by atoms with Crippen LogP contribution in [-0.4, -0.2) is 18.9 Å². The average molecular weight is 470 g/mol. The minimum atomic E-state index is -0.222. The predicted molar refractivity (Wildman–Crippen MR) is 118 cm³/mol. The Morgan fingerprint density at radius 1 is 1.10 bits per heavy atom. The first-order chi connectivity index (χ1) is 14.5. The van der Waals surface area contributed by atoms with Crippen LogP contribution in [0.3, 0.4) is 0 Å². The number of hydrogen-bond acceptors (Lipinski definition) is 4. The van der Waals surface area contributed by atoms with Gasteiger partial charge in [0.05, 0.1) is 18.7 Å². The summed E-state index contributed by atoms with van der Waals surface area (Å²) in [7, 11) is 0. The lowest BCUT2D eigenvalue weighted by atomic mass is 10.0. The maximum absolute atomic E-state index is 12.9. The molecule has 0 saturated carbocycles. The molecule has 0 amide bonds. The van der Waals surface area contributed by atoms with Gasteiger partial charge in [0, 0.05) is 21.5 Å². The summed E-state index contributed by atoms with van der Waals surface area (Å²) in [6.07, 6.45) is 3.67. The van der Waals surface area contributed by atoms with Crippen molar-refractivity contribution in [1.82, 2.24) is 0 Å². The van der Waals surface area contributed by atoms with Crippen molar-refractivity contribution in [2.24, 2.45) is 0 Å². The van der Waals surface area contributed by atoms with Crippen LogP contribution in [0, 0.1) is 0 Å². The Hall–Kier alpha value is -2.57. The van der Waals surface area contributed by atoms with E-state index in [1.165, 1.54) is 11.0 Å². The van der Waals surface area contributed by atoms with E-state index in [4.69, 9.17) is 9.15 Å². The van der Waals surface area contributed by atoms with Crippen molar-refractivity contribution in [2.75, 3.05) is 13.1 Å². The summed E-state index contributed by atoms with van der Waals surface area (Å²) < 4.78 is 12.7. The van der Waals surface area contributed by atoms with Crippen LogP contribution in [0.2, 0.25) is 0 Å². The molecule has 0 bridgehead atoms. The normalized spacial score (nSPS) is 14.7. The van der Waals surface area contributed by atoms with Crippen LogP contribution in [0.4, 0.5) is 0 Å². The maximum Gasteiger partial charge on any atom is 0.232 e. The number of benzene rings is 2. The van der Waals surface area contributed by atoms with E-state index in [1.54, 1.807) is 12.1 Å². The molecule has 0 unspecified atom stereocenters. The molecule has 0 radical (unpaired) electrons. The van der Waals surface area contributed by atoms with Gasteiger partial charge in [0.2, 0.25) is 5.78 Å². The Morgan fingerprint density at radius 3 is 2.60 bits per heavy atom. The van der Waals surface area contributed by atoms with Gasteiger partial charge in [-0.1, -0.05) is 41.6 Å². The van der Waals surface area contributed by atoms with E-state index >= 15 is 0 Å². The van der Waals surface area contributed by atoms with Gasteiger partial charge in [0.25, 0.3) is 0 Å². The van der Waals surface area contributed by atoms with Crippen LogP contribution in [0.15, 0.2) is 51.0 Å². The average Bonchev–Trinajstić information content (AvgIpc) is 3.25. The number of Topliss-reactive ketones (excluding diaryl/α,β-unsaturated/α-hetero) is 1. The van der Waals surface area contributed by atoms with Gasteiger partial charge in [0.1, 0.15) is 23.6 Å². The van der Waals surface area contributed by atoms with Crippen LogP contribution >= 0.6 is 15.9 Å². The highest BCUT2D eigenvalue weighted by Crippen LogP contribution is 2.38. The lowest BCUT2D eigenvalue weighted by Gasteiger charge is -2.23. The Balaban J connectivity index is 1.66. The standard InChI is InChI=1S/C24H24BrNO4/c1-3-9-26(10-4-2)14-19-20(27)7-6-18-23(28)22(30-24(18)19)13-17-12-15-11-16(25)5-8-21(15)29-17/h5-8,11-13,27H,3-4,9-10,14H2,1-2H3/b22-13-. The van der Waals surface area contributed by atoms with E-state index in [0.717, 1.165) is 41.4 Å². The lowest BCUT2D eigenvalue weighted by Crippen LogP contribution is -3.10. The second-order valence-corrected chi connectivity index (χ2v) is 8.53. The van der Waals surface area contributed by atoms with Crippen LogP contribution in [-0.2, 0) is 6.54 Å². The zero-order valence-electron chi connectivity index (χ0n) is 17.1. The molecule has 1 aliphatic heterocycles. The van der Waals surface area contributed by atoms with Gasteiger partial charge in [-0.2, -0.15) is 0 Å². The fourth-order valence-corrected chi connectivity index (χ4v) is 4.33. The quantitative estimate of drug-likeness (QED) is 0.529. The number of halogens is 1. The number of carbonyl (C=O) groups excluding carboxylic acids is 1. The molecule has 156 valence electrons. The molecule has 1 N–H and O–H groups in total. The topological polar surface area (TPSA) is 66.9 Å². The molecule has 0 aliphatic carbocycles. The molecule has 30 heavy (non-hydrogen) atoms. The van der Waals surface area contributed by atoms with Crippen molar-refractivity contribution in [1.29, 1.82) is 0 Å². The Morgan fingerprint density at radius 2 is 1.87 bits per heavy atom. The number of ketones is 1. The lowest BCUT2D eigenvalue weighted by molar-refractivity contribution is -0.914. The zero-order valence-corrected chi connectivity index (χ0v) is 18.7. The first-order valence-corrected chi connectivity index (χ1v) is 11.1. The Labute approximate surface area is 184 Å². The summed E-state index contributed by atoms with van der Waals surface area (Å²) in [5.41, 5.74) is 1.76. The molecule has 6 heteroatoms. The number of fused-ring (bicyclic) bond motifs is 2. The van der Waals surface area contributed by atoms with Crippen molar-refractivity contribution in [2.45, 2.75) is 33.2 Å². The van der Waals surface area contributed by atoms with Crippen molar-refractivity contribution < 1.29 is 24.0 Å². The second-order valence-electron chi connectivity index (χ2n) is 7.62. The number of furan rings is 1. The number of carbonyl (C=O) groups is 1. The monoisotopic (exact) mass is 469 g/mol. The van der Waals surface area contributed by atoms with Crippen molar-refractivity contribution >= 4 is 38.8 Å². The highest BCUT2D eigenvalue weighted by molar-refractivity contribution is 9.10. The fourth-order valence-electron chi connectivity index (χ4n) is 3.95. The van der Waals surface area contributed by atoms with Gasteiger partial charge in [-0.3, -0.25) is 4.79 Å². The number of nitrogens with one attached hydrogen (secondary N) is 1. The van der Waals surface area contributed by atoms with Crippen LogP contribution in [0.25, 0.3) is 17.0 Å². The number of hydrogen-bond donors (Lipinski definition) is 1. The highest BCUT2D eigenvalue weighted by atomic mass is 79.9. The molecule has 2 aromatic carbocycles. The van der Waals surface area contributed by atoms with Crippen molar-refractivity contribution in [3.63, 3.8) is 0 Å². The first kappa shape index (κ1) is 20.7. The highest BCUT2D eigenvalue weighted by Gasteiger charge is 2.31. The molecule has 1 aromatic heterocycles. The summed E-state index contributed by atoms with van der Waals surface area (Å²) >= 11 is 3.45. The molecule has 0 saturated heterocycles. The minimum Gasteiger partial charge on any atom is -0.872 e. The van der Waals surface area contributed by atoms with Gasteiger partial charge >= 0.3 is 0 Å². The summed E-state index contributed by atoms with van der Waals surface area (Å²) in [6.45, 7) is 6.78. The van der Waals surface area contributed by atoms with E-state index in [-0.39, 0.29) is 17.3 Å². The van der Waals surface area contributed by atoms with Crippen LogP contribution in [0.1, 0.15) is 48.4 Å². The summed E-state index contributed by atoms with van der Waals surface area (Å²) in [4.78, 5) is 14.2. The molecule has 1 aliphatic rings. The summed E-state index contributed by atoms with van der Waals surface area (Å²) in [6, 6.07) is 10.6. The summed E-state index contributed by atoms with van der Waals surface area (Å²) in [5, 5.41) is 13.5. The third-order valence-corrected chi connectivity index (χ3v) is 5.80. The molecule has 3 aromatic rings. The molecule has 2 heterocycles. The summed E-state index contributed by atoms with van der Waals surface area (Å²) in [5.74, 6) is 0.818. The van der Waals surface area contributed by atoms with Crippen LogP contribution in [0.5, 0.6) is 11.5 Å². The van der Waals surface area contributed by atoms with Crippen molar-refractivity contribution in [3.8, 4) is 11.5 Å². The van der Waals surface area contributed by atoms with Gasteiger partial charge in [-0.05, 0) is 43.2 Å². The largest absolute Gasteiger partial charge is 0.872 e. The minimum absolute atomic E-state index is 0.0823. The van der Waals surface area contributed by atoms with Gasteiger partial charge in [0.15, 0.2) is 5.76 Å². The zero-order chi connectivity index (χ0) is 21.3. The van der Waals surface area contributed by atoms with Gasteiger partial charge < -0.3 is 19.2 Å². The fraction of sp³-hybridized carbons (Fsp3) is 0.292. The van der Waals surface area contributed by atoms with E-state index in [0.29, 0.717) is 29.2 Å². The third kappa shape index (κ3) is 4.02. The van der Waals surface area contributed by atoms with Crippen LogP contribution < -0.4 is 14.7 Å². The smallest absolute Gasteiger partial charge is 0.232 e. The number of allylic oxidation sites excluding steroid dienone is 1. The molecule has 5 nitrogen and oxygen atoms in total. The molecular formula is C24H24BrNO4. The molecular weight excluding hydrogens is 446 g/mol. The Bertz CT molecular complexity index is 1130. The van der Waals surface area contributed by atoms with E-state index < -0.39 is 0 Å². The van der Waals surface area contributed by atoms with Gasteiger partial charge in [-0.25, -0.2) is 0 Å². The van der Waals surface area contributed by atoms with Crippen molar-refractivity contribution in [3.05, 3.63) is 63.5 Å². The second kappa shape index (κ2) is 8.66. The molecule has 0 atom stereocenters. The molecule has 0 fully saturated rings. The maximum atomic E-state index is 12.9. The van der Waals surface area contributed by atoms with Gasteiger partial charge in [-0.15, -0.1) is 0 Å². The van der Waals surface area contributed by atoms with E-state index in [1.807, 2.05) is 24.3 Å². The number of ether oxygens (including phenoxy) is 1. The SMILES string of the molecule is CCC[NH+](CCC)Cc1c([O-])ccc2c1O/C(=C\c1cc3cc(Br)ccc3o1)C2=O. The molecule has 4 rings (SSSR count). The molecule has 0 spiro atoms. The van der Waals surface area contributed by atoms with E-state index in [2.05, 4.69) is 29.8 Å². The van der Waals surface area contributed by atoms with E-state index in [9.17, 15) is 9.90 Å². The first-order valence-electron chi connectivity index (χ1n) is 10.3. The predicted octanol–water partition coefficient (Wildman–Crippen LogP) is 4.09. The Kier molecular flexibility index (Phi) is 5.97. The number of quaternary nitrogens is 1. The number of rotatable bonds is 7.